The number of carbonyl (C=O) groups excluding carboxylic acids is 1. The number of halogens is 2. The van der Waals surface area contributed by atoms with E-state index in [0.29, 0.717) is 29.3 Å². The van der Waals surface area contributed by atoms with Crippen molar-refractivity contribution < 1.29 is 9.53 Å². The van der Waals surface area contributed by atoms with Crippen LogP contribution in [0.15, 0.2) is 46.9 Å². The number of rotatable bonds is 5. The van der Waals surface area contributed by atoms with Gasteiger partial charge >= 0.3 is 0 Å². The summed E-state index contributed by atoms with van der Waals surface area (Å²) in [6, 6.07) is 13.1. The maximum Gasteiger partial charge on any atom is 0.224 e. The molecule has 0 aromatic heterocycles. The quantitative estimate of drug-likeness (QED) is 0.832. The first kappa shape index (κ1) is 15.9. The van der Waals surface area contributed by atoms with E-state index < -0.39 is 0 Å². The molecule has 2 aromatic carbocycles. The molecule has 0 aliphatic carbocycles. The number of nitrogens with one attached hydrogen (secondary N) is 1. The summed E-state index contributed by atoms with van der Waals surface area (Å²) in [5.41, 5.74) is 1.78. The zero-order chi connectivity index (χ0) is 15.2. The van der Waals surface area contributed by atoms with Gasteiger partial charge < -0.3 is 10.1 Å². The summed E-state index contributed by atoms with van der Waals surface area (Å²) in [5, 5.41) is 3.30. The van der Waals surface area contributed by atoms with E-state index in [2.05, 4.69) is 21.2 Å². The van der Waals surface area contributed by atoms with Crippen molar-refractivity contribution >= 4 is 39.1 Å². The highest BCUT2D eigenvalue weighted by Crippen LogP contribution is 2.27. The van der Waals surface area contributed by atoms with Gasteiger partial charge in [0.25, 0.3) is 0 Å². The Kier molecular flexibility index (Phi) is 5.65. The third-order valence-corrected chi connectivity index (χ3v) is 4.08. The molecule has 0 saturated carbocycles. The van der Waals surface area contributed by atoms with Gasteiger partial charge in [-0.25, -0.2) is 0 Å². The minimum absolute atomic E-state index is 0.0491. The number of aryl methyl sites for hydroxylation is 1. The normalized spacial score (nSPS) is 10.2. The molecule has 0 bridgehead atoms. The van der Waals surface area contributed by atoms with Gasteiger partial charge in [-0.1, -0.05) is 45.7 Å². The second-order valence-electron chi connectivity index (χ2n) is 4.49. The summed E-state index contributed by atoms with van der Waals surface area (Å²) in [6.07, 6.45) is 1.09. The molecule has 0 spiro atoms. The van der Waals surface area contributed by atoms with Crippen molar-refractivity contribution in [2.45, 2.75) is 12.8 Å². The Morgan fingerprint density at radius 1 is 1.29 bits per heavy atom. The zero-order valence-electron chi connectivity index (χ0n) is 11.5. The van der Waals surface area contributed by atoms with Crippen molar-refractivity contribution in [1.82, 2.24) is 0 Å². The highest BCUT2D eigenvalue weighted by molar-refractivity contribution is 9.10. The van der Waals surface area contributed by atoms with E-state index in [4.69, 9.17) is 16.3 Å². The second-order valence-corrected chi connectivity index (χ2v) is 5.75. The Morgan fingerprint density at radius 3 is 2.71 bits per heavy atom. The molecular formula is C16H15BrClNO2. The largest absolute Gasteiger partial charge is 0.495 e. The maximum absolute atomic E-state index is 12.0. The van der Waals surface area contributed by atoms with Gasteiger partial charge in [-0.15, -0.1) is 0 Å². The van der Waals surface area contributed by atoms with Gasteiger partial charge in [0.1, 0.15) is 5.75 Å². The van der Waals surface area contributed by atoms with E-state index in [1.165, 1.54) is 0 Å². The number of benzene rings is 2. The summed E-state index contributed by atoms with van der Waals surface area (Å²) in [7, 11) is 1.55. The molecule has 3 nitrogen and oxygen atoms in total. The van der Waals surface area contributed by atoms with Gasteiger partial charge in [0.2, 0.25) is 5.91 Å². The molecule has 0 atom stereocenters. The van der Waals surface area contributed by atoms with Crippen LogP contribution in [0.4, 0.5) is 5.69 Å². The molecule has 21 heavy (non-hydrogen) atoms. The standard InChI is InChI=1S/C16H15BrClNO2/c1-21-15-8-7-12(10-14(15)18)19-16(20)9-6-11-4-2-3-5-13(11)17/h2-5,7-8,10H,6,9H2,1H3,(H,19,20). The topological polar surface area (TPSA) is 38.3 Å². The minimum atomic E-state index is -0.0491. The first-order valence-corrected chi connectivity index (χ1v) is 7.64. The predicted molar refractivity (Wildman–Crippen MR) is 89.1 cm³/mol. The summed E-state index contributed by atoms with van der Waals surface area (Å²) >= 11 is 9.50. The summed E-state index contributed by atoms with van der Waals surface area (Å²) in [4.78, 5) is 12.0. The van der Waals surface area contributed by atoms with E-state index in [0.717, 1.165) is 10.0 Å². The molecule has 110 valence electrons. The van der Waals surface area contributed by atoms with Crippen LogP contribution in [0.3, 0.4) is 0 Å². The summed E-state index contributed by atoms with van der Waals surface area (Å²) in [5.74, 6) is 0.537. The smallest absolute Gasteiger partial charge is 0.224 e. The van der Waals surface area contributed by atoms with Crippen LogP contribution in [0.2, 0.25) is 5.02 Å². The van der Waals surface area contributed by atoms with Gasteiger partial charge in [-0.05, 0) is 36.2 Å². The fourth-order valence-electron chi connectivity index (χ4n) is 1.92. The number of hydrogen-bond acceptors (Lipinski definition) is 2. The Labute approximate surface area is 137 Å². The Hall–Kier alpha value is -1.52. The molecule has 1 amide bonds. The third-order valence-electron chi connectivity index (χ3n) is 3.01. The van der Waals surface area contributed by atoms with Crippen LogP contribution in [0.5, 0.6) is 5.75 Å². The Balaban J connectivity index is 1.93. The monoisotopic (exact) mass is 367 g/mol. The predicted octanol–water partition coefficient (Wildman–Crippen LogP) is 4.68. The fourth-order valence-corrected chi connectivity index (χ4v) is 2.66. The lowest BCUT2D eigenvalue weighted by Gasteiger charge is -2.08. The van der Waals surface area contributed by atoms with Crippen LogP contribution in [0, 0.1) is 0 Å². The van der Waals surface area contributed by atoms with Gasteiger partial charge in [0.15, 0.2) is 0 Å². The highest BCUT2D eigenvalue weighted by atomic mass is 79.9. The van der Waals surface area contributed by atoms with E-state index in [1.54, 1.807) is 25.3 Å². The lowest BCUT2D eigenvalue weighted by atomic mass is 10.1. The molecule has 0 radical (unpaired) electrons. The van der Waals surface area contributed by atoms with Crippen LogP contribution in [-0.2, 0) is 11.2 Å². The van der Waals surface area contributed by atoms with Crippen molar-refractivity contribution in [3.05, 3.63) is 57.5 Å². The molecule has 0 fully saturated rings. The molecule has 2 aromatic rings. The molecule has 0 aliphatic rings. The van der Waals surface area contributed by atoms with E-state index in [1.807, 2.05) is 24.3 Å². The fraction of sp³-hybridized carbons (Fsp3) is 0.188. The number of ether oxygens (including phenoxy) is 1. The first-order valence-electron chi connectivity index (χ1n) is 6.47. The SMILES string of the molecule is COc1ccc(NC(=O)CCc2ccccc2Br)cc1Cl. The second kappa shape index (κ2) is 7.48. The van der Waals surface area contributed by atoms with Crippen molar-refractivity contribution in [1.29, 1.82) is 0 Å². The maximum atomic E-state index is 12.0. The van der Waals surface area contributed by atoms with Crippen LogP contribution in [-0.4, -0.2) is 13.0 Å². The molecule has 2 rings (SSSR count). The van der Waals surface area contributed by atoms with Crippen LogP contribution >= 0.6 is 27.5 Å². The zero-order valence-corrected chi connectivity index (χ0v) is 13.9. The lowest BCUT2D eigenvalue weighted by molar-refractivity contribution is -0.116. The van der Waals surface area contributed by atoms with Crippen LogP contribution in [0.25, 0.3) is 0 Å². The molecule has 0 saturated heterocycles. The number of carbonyl (C=O) groups is 1. The number of hydrogen-bond donors (Lipinski definition) is 1. The van der Waals surface area contributed by atoms with E-state index in [9.17, 15) is 4.79 Å². The van der Waals surface area contributed by atoms with Crippen molar-refractivity contribution in [3.8, 4) is 5.75 Å². The van der Waals surface area contributed by atoms with E-state index in [-0.39, 0.29) is 5.91 Å². The summed E-state index contributed by atoms with van der Waals surface area (Å²) in [6.45, 7) is 0. The number of anilines is 1. The first-order chi connectivity index (χ1) is 10.1. The molecule has 0 unspecified atom stereocenters. The van der Waals surface area contributed by atoms with Crippen molar-refractivity contribution in [2.24, 2.45) is 0 Å². The van der Waals surface area contributed by atoms with Gasteiger partial charge in [-0.2, -0.15) is 0 Å². The molecule has 5 heteroatoms. The Morgan fingerprint density at radius 2 is 2.05 bits per heavy atom. The van der Waals surface area contributed by atoms with Gasteiger partial charge in [-0.3, -0.25) is 4.79 Å². The molecular weight excluding hydrogens is 354 g/mol. The third kappa shape index (κ3) is 4.48. The Bertz CT molecular complexity index is 646. The van der Waals surface area contributed by atoms with Crippen molar-refractivity contribution in [2.75, 3.05) is 12.4 Å². The van der Waals surface area contributed by atoms with Gasteiger partial charge in [0.05, 0.1) is 12.1 Å². The van der Waals surface area contributed by atoms with Crippen molar-refractivity contribution in [3.63, 3.8) is 0 Å². The van der Waals surface area contributed by atoms with Gasteiger partial charge in [0, 0.05) is 16.6 Å². The highest BCUT2D eigenvalue weighted by Gasteiger charge is 2.07. The van der Waals surface area contributed by atoms with E-state index >= 15 is 0 Å². The number of amides is 1. The molecule has 0 aliphatic heterocycles. The molecule has 1 N–H and O–H groups in total. The number of methoxy groups -OCH3 is 1. The average Bonchev–Trinajstić information content (AvgIpc) is 2.46. The average molecular weight is 369 g/mol. The minimum Gasteiger partial charge on any atom is -0.495 e. The van der Waals surface area contributed by atoms with Crippen LogP contribution in [0.1, 0.15) is 12.0 Å². The lowest BCUT2D eigenvalue weighted by Crippen LogP contribution is -2.12. The summed E-state index contributed by atoms with van der Waals surface area (Å²) < 4.78 is 6.09. The van der Waals surface area contributed by atoms with Crippen LogP contribution < -0.4 is 10.1 Å². The molecule has 0 heterocycles.